The van der Waals surface area contributed by atoms with Crippen molar-refractivity contribution in [2.24, 2.45) is 0 Å². The Morgan fingerprint density at radius 1 is 0.978 bits per heavy atom. The van der Waals surface area contributed by atoms with E-state index >= 15 is 0 Å². The molecule has 4 heterocycles. The van der Waals surface area contributed by atoms with Gasteiger partial charge in [-0.15, -0.1) is 0 Å². The monoisotopic (exact) mass is 637 g/mol. The number of fused-ring (bicyclic) bond motifs is 6. The molecule has 2 aromatic heterocycles. The molecule has 1 aromatic carbocycles. The molecule has 4 bridgehead atoms. The second-order valence-electron chi connectivity index (χ2n) is 10.4. The Labute approximate surface area is 263 Å². The Morgan fingerprint density at radius 2 is 1.80 bits per heavy atom. The number of unbranched alkanes of at least 4 members (excludes halogenated alkanes) is 2. The number of nitrogens with zero attached hydrogens (tertiary/aromatic N) is 3. The molecular formula is C32H33F2N5O5S. The van der Waals surface area contributed by atoms with Crippen molar-refractivity contribution < 1.29 is 32.6 Å². The first kappa shape index (κ1) is 31.9. The number of carbonyl (C=O) groups excluding carboxylic acids is 3. The number of ether oxygens (including phenoxy) is 2. The zero-order valence-corrected chi connectivity index (χ0v) is 25.3. The topological polar surface area (TPSA) is 123 Å². The highest BCUT2D eigenvalue weighted by molar-refractivity contribution is 7.98. The fourth-order valence-corrected chi connectivity index (χ4v) is 5.60. The summed E-state index contributed by atoms with van der Waals surface area (Å²) in [5.41, 5.74) is 1.57. The highest BCUT2D eigenvalue weighted by atomic mass is 32.2. The number of aromatic nitrogens is 2. The maximum absolute atomic E-state index is 14.8. The number of amides is 3. The number of carbonyl (C=O) groups is 3. The lowest BCUT2D eigenvalue weighted by Crippen LogP contribution is -2.30. The summed E-state index contributed by atoms with van der Waals surface area (Å²) >= 11 is 1.64. The van der Waals surface area contributed by atoms with Gasteiger partial charge in [-0.2, -0.15) is 16.7 Å². The standard InChI is InChI=1S/C32H33F2N5O5S/c33-22-6-7-23-24-18-27(36-19-25(24)34)37-28-15-21(16-30(38-28)44-13-4-12-43-26(23)17-22)20-45-14-10-35-29(40)5-2-1-3-11-39-31(41)8-9-32(39)42/h6-9,15-19H,1-5,10-14,20H2,(H,35,40)(H,36,37,38). The Morgan fingerprint density at radius 3 is 2.64 bits per heavy atom. The van der Waals surface area contributed by atoms with Crippen LogP contribution in [0.3, 0.4) is 0 Å². The molecule has 5 rings (SSSR count). The molecule has 0 aliphatic carbocycles. The number of thioether (sulfide) groups is 1. The third-order valence-electron chi connectivity index (χ3n) is 7.03. The summed E-state index contributed by atoms with van der Waals surface area (Å²) in [6, 6.07) is 9.21. The van der Waals surface area contributed by atoms with Crippen molar-refractivity contribution >= 4 is 41.1 Å². The van der Waals surface area contributed by atoms with Crippen LogP contribution in [0.25, 0.3) is 11.1 Å². The van der Waals surface area contributed by atoms with Gasteiger partial charge in [0.25, 0.3) is 11.8 Å². The second-order valence-corrected chi connectivity index (χ2v) is 11.5. The summed E-state index contributed by atoms with van der Waals surface area (Å²) in [7, 11) is 0. The zero-order chi connectivity index (χ0) is 31.6. The van der Waals surface area contributed by atoms with Gasteiger partial charge in [0.1, 0.15) is 29.0 Å². The van der Waals surface area contributed by atoms with E-state index in [4.69, 9.17) is 9.47 Å². The summed E-state index contributed by atoms with van der Waals surface area (Å²) in [5.74, 6) is 1.14. The van der Waals surface area contributed by atoms with E-state index in [1.165, 1.54) is 41.3 Å². The van der Waals surface area contributed by atoms with E-state index in [0.29, 0.717) is 80.0 Å². The maximum atomic E-state index is 14.8. The van der Waals surface area contributed by atoms with Crippen molar-refractivity contribution in [1.82, 2.24) is 20.2 Å². The first-order valence-electron chi connectivity index (χ1n) is 14.7. The molecule has 3 aromatic rings. The van der Waals surface area contributed by atoms with Gasteiger partial charge in [0.05, 0.1) is 19.4 Å². The summed E-state index contributed by atoms with van der Waals surface area (Å²) in [5, 5.41) is 6.05. The third-order valence-corrected chi connectivity index (χ3v) is 8.06. The van der Waals surface area contributed by atoms with Crippen molar-refractivity contribution in [3.8, 4) is 22.8 Å². The van der Waals surface area contributed by atoms with Crippen LogP contribution in [0, 0.1) is 11.6 Å². The van der Waals surface area contributed by atoms with Crippen LogP contribution < -0.4 is 20.1 Å². The smallest absolute Gasteiger partial charge is 0.253 e. The molecule has 3 amide bonds. The number of benzene rings is 1. The van der Waals surface area contributed by atoms with Crippen LogP contribution in [0.5, 0.6) is 11.6 Å². The van der Waals surface area contributed by atoms with Gasteiger partial charge in [-0.1, -0.05) is 6.42 Å². The van der Waals surface area contributed by atoms with Crippen LogP contribution in [0.1, 0.15) is 37.7 Å². The van der Waals surface area contributed by atoms with E-state index in [0.717, 1.165) is 18.2 Å². The fourth-order valence-electron chi connectivity index (χ4n) is 4.81. The molecule has 45 heavy (non-hydrogen) atoms. The average Bonchev–Trinajstić information content (AvgIpc) is 3.33. The predicted molar refractivity (Wildman–Crippen MR) is 166 cm³/mol. The number of nitrogens with one attached hydrogen (secondary N) is 2. The molecule has 0 radical (unpaired) electrons. The van der Waals surface area contributed by atoms with Gasteiger partial charge < -0.3 is 20.1 Å². The zero-order valence-electron chi connectivity index (χ0n) is 24.5. The summed E-state index contributed by atoms with van der Waals surface area (Å²) in [6.07, 6.45) is 6.62. The molecule has 10 nitrogen and oxygen atoms in total. The molecule has 0 saturated carbocycles. The van der Waals surface area contributed by atoms with Gasteiger partial charge in [-0.25, -0.2) is 13.8 Å². The fraction of sp³-hybridized carbons (Fsp3) is 0.344. The molecule has 0 saturated heterocycles. The largest absolute Gasteiger partial charge is 0.493 e. The molecule has 2 aliphatic heterocycles. The van der Waals surface area contributed by atoms with E-state index in [9.17, 15) is 23.2 Å². The number of imide groups is 1. The number of hydrogen-bond acceptors (Lipinski definition) is 9. The first-order valence-corrected chi connectivity index (χ1v) is 15.9. The van der Waals surface area contributed by atoms with Gasteiger partial charge >= 0.3 is 0 Å². The number of rotatable bonds is 11. The number of anilines is 2. The highest BCUT2D eigenvalue weighted by Gasteiger charge is 2.22. The molecule has 236 valence electrons. The normalized spacial score (nSPS) is 14.2. The molecule has 2 N–H and O–H groups in total. The van der Waals surface area contributed by atoms with Gasteiger partial charge in [0.2, 0.25) is 11.8 Å². The third kappa shape index (κ3) is 9.00. The SMILES string of the molecule is O=C(CCCCCN1C(=O)C=CC1=O)NCCSCc1cc2nc(c1)OCCCOc1cc(F)ccc1-c1cc(ncc1F)N2. The number of pyridine rings is 2. The van der Waals surface area contributed by atoms with Crippen LogP contribution in [-0.4, -0.2) is 64.6 Å². The van der Waals surface area contributed by atoms with Crippen LogP contribution in [-0.2, 0) is 20.1 Å². The van der Waals surface area contributed by atoms with Crippen LogP contribution in [0.2, 0.25) is 0 Å². The minimum absolute atomic E-state index is 0.0345. The summed E-state index contributed by atoms with van der Waals surface area (Å²) in [4.78, 5) is 45.2. The minimum atomic E-state index is -0.566. The maximum Gasteiger partial charge on any atom is 0.253 e. The Balaban J connectivity index is 1.11. The lowest BCUT2D eigenvalue weighted by Gasteiger charge is -2.16. The molecule has 0 unspecified atom stereocenters. The molecule has 13 heteroatoms. The van der Waals surface area contributed by atoms with Crippen molar-refractivity contribution in [2.45, 2.75) is 37.9 Å². The van der Waals surface area contributed by atoms with E-state index in [1.54, 1.807) is 11.8 Å². The molecule has 2 aliphatic rings. The highest BCUT2D eigenvalue weighted by Crippen LogP contribution is 2.34. The van der Waals surface area contributed by atoms with Gasteiger partial charge in [-0.3, -0.25) is 19.3 Å². The lowest BCUT2D eigenvalue weighted by atomic mass is 10.0. The second kappa shape index (κ2) is 15.5. The summed E-state index contributed by atoms with van der Waals surface area (Å²) < 4.78 is 40.4. The van der Waals surface area contributed by atoms with Crippen LogP contribution in [0.15, 0.2) is 54.7 Å². The van der Waals surface area contributed by atoms with Crippen LogP contribution >= 0.6 is 11.8 Å². The molecule has 0 atom stereocenters. The van der Waals surface area contributed by atoms with Gasteiger partial charge in [0.15, 0.2) is 0 Å². The van der Waals surface area contributed by atoms with Crippen molar-refractivity contribution in [2.75, 3.05) is 37.4 Å². The predicted octanol–water partition coefficient (Wildman–Crippen LogP) is 5.16. The number of hydrogen-bond donors (Lipinski definition) is 2. The van der Waals surface area contributed by atoms with Gasteiger partial charge in [-0.05, 0) is 42.7 Å². The Kier molecular flexibility index (Phi) is 11.0. The summed E-state index contributed by atoms with van der Waals surface area (Å²) in [6.45, 7) is 1.43. The first-order chi connectivity index (χ1) is 21.9. The molecular weight excluding hydrogens is 604 g/mol. The number of halogens is 2. The van der Waals surface area contributed by atoms with E-state index in [1.807, 2.05) is 12.1 Å². The molecule has 0 fully saturated rings. The van der Waals surface area contributed by atoms with E-state index in [-0.39, 0.29) is 35.6 Å². The Bertz CT molecular complexity index is 1570. The van der Waals surface area contributed by atoms with E-state index < -0.39 is 11.6 Å². The molecule has 0 spiro atoms. The Hall–Kier alpha value is -4.52. The van der Waals surface area contributed by atoms with Crippen LogP contribution in [0.4, 0.5) is 20.4 Å². The average molecular weight is 638 g/mol. The minimum Gasteiger partial charge on any atom is -0.493 e. The van der Waals surface area contributed by atoms with Gasteiger partial charge in [0, 0.05) is 72.8 Å². The van der Waals surface area contributed by atoms with Crippen molar-refractivity contribution in [3.05, 3.63) is 71.9 Å². The van der Waals surface area contributed by atoms with Crippen molar-refractivity contribution in [1.29, 1.82) is 0 Å². The lowest BCUT2D eigenvalue weighted by molar-refractivity contribution is -0.137. The quantitative estimate of drug-likeness (QED) is 0.217. The van der Waals surface area contributed by atoms with Crippen molar-refractivity contribution in [3.63, 3.8) is 0 Å². The van der Waals surface area contributed by atoms with E-state index in [2.05, 4.69) is 20.6 Å².